The number of pyridine rings is 2. The van der Waals surface area contributed by atoms with Crippen molar-refractivity contribution in [1.29, 1.82) is 0 Å². The van der Waals surface area contributed by atoms with Crippen LogP contribution >= 0.6 is 0 Å². The van der Waals surface area contributed by atoms with E-state index in [4.69, 9.17) is 9.40 Å². The van der Waals surface area contributed by atoms with Crippen LogP contribution in [0.15, 0.2) is 71.3 Å². The Labute approximate surface area is 182 Å². The Bertz CT molecular complexity index is 1410. The molecule has 2 aromatic carbocycles. The summed E-state index contributed by atoms with van der Waals surface area (Å²) in [7, 11) is 0. The number of benzene rings is 2. The van der Waals surface area contributed by atoms with Crippen LogP contribution in [0.4, 0.5) is 0 Å². The predicted molar refractivity (Wildman–Crippen MR) is 128 cm³/mol. The topological polar surface area (TPSA) is 38.9 Å². The molecule has 0 fully saturated rings. The number of rotatable bonds is 4. The minimum Gasteiger partial charge on any atom is -0.437 e. The summed E-state index contributed by atoms with van der Waals surface area (Å²) in [5, 5.41) is 2.13. The van der Waals surface area contributed by atoms with Crippen LogP contribution < -0.4 is 0 Å². The standard InChI is InChI=1S/C28H26N2O/c1-17(2)14-20-12-13-29-25(16-20)23-11-7-10-22-24-15-19(4)26(30-28(24)31-27(22)23)21-9-6-5-8-18(21)3/h5-13,15-17H,14H2,1-4H3. The monoisotopic (exact) mass is 406 g/mol. The summed E-state index contributed by atoms with van der Waals surface area (Å²) in [5.41, 5.74) is 9.24. The van der Waals surface area contributed by atoms with Gasteiger partial charge < -0.3 is 4.42 Å². The lowest BCUT2D eigenvalue weighted by molar-refractivity contribution is 0.646. The number of aromatic nitrogens is 2. The molecule has 0 atom stereocenters. The van der Waals surface area contributed by atoms with Gasteiger partial charge in [0.25, 0.3) is 0 Å². The molecule has 0 N–H and O–H groups in total. The van der Waals surface area contributed by atoms with Gasteiger partial charge in [-0.3, -0.25) is 4.98 Å². The molecule has 0 spiro atoms. The first kappa shape index (κ1) is 19.5. The molecule has 3 nitrogen and oxygen atoms in total. The second-order valence-electron chi connectivity index (χ2n) is 8.75. The molecule has 31 heavy (non-hydrogen) atoms. The van der Waals surface area contributed by atoms with E-state index >= 15 is 0 Å². The molecule has 3 heteroatoms. The van der Waals surface area contributed by atoms with Gasteiger partial charge in [0.05, 0.1) is 11.4 Å². The van der Waals surface area contributed by atoms with Gasteiger partial charge >= 0.3 is 0 Å². The zero-order chi connectivity index (χ0) is 21.5. The average molecular weight is 407 g/mol. The quantitative estimate of drug-likeness (QED) is 0.310. The highest BCUT2D eigenvalue weighted by molar-refractivity contribution is 6.09. The molecule has 154 valence electrons. The first-order valence-corrected chi connectivity index (χ1v) is 10.9. The molecule has 0 saturated carbocycles. The first-order chi connectivity index (χ1) is 15.0. The molecule has 3 aromatic heterocycles. The van der Waals surface area contributed by atoms with Crippen molar-refractivity contribution in [3.05, 3.63) is 83.6 Å². The Morgan fingerprint density at radius 1 is 0.839 bits per heavy atom. The normalized spacial score (nSPS) is 11.6. The van der Waals surface area contributed by atoms with Gasteiger partial charge in [-0.05, 0) is 67.1 Å². The van der Waals surface area contributed by atoms with Gasteiger partial charge in [0.1, 0.15) is 5.58 Å². The van der Waals surface area contributed by atoms with Gasteiger partial charge in [-0.1, -0.05) is 50.2 Å². The lowest BCUT2D eigenvalue weighted by Crippen LogP contribution is -1.95. The Balaban J connectivity index is 1.70. The van der Waals surface area contributed by atoms with Gasteiger partial charge in [-0.2, -0.15) is 0 Å². The summed E-state index contributed by atoms with van der Waals surface area (Å²) in [6.07, 6.45) is 2.93. The zero-order valence-corrected chi connectivity index (χ0v) is 18.4. The zero-order valence-electron chi connectivity index (χ0n) is 18.4. The van der Waals surface area contributed by atoms with E-state index < -0.39 is 0 Å². The molecule has 3 heterocycles. The van der Waals surface area contributed by atoms with Crippen molar-refractivity contribution in [1.82, 2.24) is 9.97 Å². The Kier molecular flexibility index (Phi) is 4.82. The highest BCUT2D eigenvalue weighted by atomic mass is 16.3. The van der Waals surface area contributed by atoms with E-state index in [2.05, 4.69) is 93.3 Å². The maximum atomic E-state index is 6.36. The Morgan fingerprint density at radius 3 is 2.45 bits per heavy atom. The van der Waals surface area contributed by atoms with E-state index in [-0.39, 0.29) is 0 Å². The Hall–Kier alpha value is -3.46. The van der Waals surface area contributed by atoms with Crippen molar-refractivity contribution in [2.24, 2.45) is 5.92 Å². The van der Waals surface area contributed by atoms with E-state index in [9.17, 15) is 0 Å². The van der Waals surface area contributed by atoms with E-state index in [1.165, 1.54) is 11.1 Å². The van der Waals surface area contributed by atoms with Gasteiger partial charge in [0, 0.05) is 28.1 Å². The van der Waals surface area contributed by atoms with Crippen LogP contribution in [-0.2, 0) is 6.42 Å². The van der Waals surface area contributed by atoms with E-state index in [1.807, 2.05) is 6.20 Å². The molecule has 0 aliphatic carbocycles. The molecule has 5 aromatic rings. The number of furan rings is 1. The van der Waals surface area contributed by atoms with Gasteiger partial charge in [0.2, 0.25) is 5.71 Å². The summed E-state index contributed by atoms with van der Waals surface area (Å²) in [6, 6.07) is 21.1. The van der Waals surface area contributed by atoms with Gasteiger partial charge in [-0.25, -0.2) is 4.98 Å². The third kappa shape index (κ3) is 3.50. The minimum absolute atomic E-state index is 0.601. The lowest BCUT2D eigenvalue weighted by atomic mass is 9.99. The van der Waals surface area contributed by atoms with Crippen molar-refractivity contribution in [2.45, 2.75) is 34.1 Å². The van der Waals surface area contributed by atoms with Crippen LogP contribution in [0, 0.1) is 19.8 Å². The molecule has 0 unspecified atom stereocenters. The summed E-state index contributed by atoms with van der Waals surface area (Å²) >= 11 is 0. The number of para-hydroxylation sites is 1. The molecule has 0 bridgehead atoms. The molecule has 0 aliphatic rings. The molecule has 5 rings (SSSR count). The number of aryl methyl sites for hydroxylation is 2. The third-order valence-corrected chi connectivity index (χ3v) is 5.83. The maximum Gasteiger partial charge on any atom is 0.227 e. The van der Waals surface area contributed by atoms with Crippen LogP contribution in [0.3, 0.4) is 0 Å². The van der Waals surface area contributed by atoms with Crippen molar-refractivity contribution in [3.63, 3.8) is 0 Å². The molecule has 0 amide bonds. The molecule has 0 radical (unpaired) electrons. The van der Waals surface area contributed by atoms with Crippen molar-refractivity contribution >= 4 is 22.1 Å². The van der Waals surface area contributed by atoms with E-state index in [0.29, 0.717) is 11.6 Å². The van der Waals surface area contributed by atoms with Crippen molar-refractivity contribution < 1.29 is 4.42 Å². The minimum atomic E-state index is 0.601. The summed E-state index contributed by atoms with van der Waals surface area (Å²) < 4.78 is 6.36. The number of hydrogen-bond acceptors (Lipinski definition) is 3. The van der Waals surface area contributed by atoms with Crippen LogP contribution in [0.25, 0.3) is 44.6 Å². The molecular weight excluding hydrogens is 380 g/mol. The third-order valence-electron chi connectivity index (χ3n) is 5.83. The van der Waals surface area contributed by atoms with Crippen molar-refractivity contribution in [2.75, 3.05) is 0 Å². The average Bonchev–Trinajstić information content (AvgIpc) is 3.11. The summed E-state index contributed by atoms with van der Waals surface area (Å²) in [4.78, 5) is 9.60. The number of nitrogens with zero attached hydrogens (tertiary/aromatic N) is 2. The highest BCUT2D eigenvalue weighted by Gasteiger charge is 2.17. The fraction of sp³-hybridized carbons (Fsp3) is 0.214. The Morgan fingerprint density at radius 2 is 1.65 bits per heavy atom. The highest BCUT2D eigenvalue weighted by Crippen LogP contribution is 2.37. The fourth-order valence-corrected chi connectivity index (χ4v) is 4.36. The predicted octanol–water partition coefficient (Wildman–Crippen LogP) is 7.53. The number of fused-ring (bicyclic) bond motifs is 3. The second kappa shape index (κ2) is 7.66. The largest absolute Gasteiger partial charge is 0.437 e. The second-order valence-corrected chi connectivity index (χ2v) is 8.75. The SMILES string of the molecule is Cc1ccccc1-c1nc2oc3c(-c4cc(CC(C)C)ccn4)cccc3c2cc1C. The van der Waals surface area contributed by atoms with Crippen LogP contribution in [0.5, 0.6) is 0 Å². The lowest BCUT2D eigenvalue weighted by Gasteiger charge is -2.08. The van der Waals surface area contributed by atoms with Crippen LogP contribution in [-0.4, -0.2) is 9.97 Å². The maximum absolute atomic E-state index is 6.36. The fourth-order valence-electron chi connectivity index (χ4n) is 4.36. The van der Waals surface area contributed by atoms with Gasteiger partial charge in [0.15, 0.2) is 0 Å². The molecule has 0 aliphatic heterocycles. The molecule has 0 saturated heterocycles. The molecular formula is C28H26N2O. The van der Waals surface area contributed by atoms with Crippen molar-refractivity contribution in [3.8, 4) is 22.5 Å². The van der Waals surface area contributed by atoms with E-state index in [1.54, 1.807) is 0 Å². The number of hydrogen-bond donors (Lipinski definition) is 0. The summed E-state index contributed by atoms with van der Waals surface area (Å²) in [5.74, 6) is 0.601. The smallest absolute Gasteiger partial charge is 0.227 e. The van der Waals surface area contributed by atoms with Crippen LogP contribution in [0.1, 0.15) is 30.5 Å². The van der Waals surface area contributed by atoms with Crippen LogP contribution in [0.2, 0.25) is 0 Å². The summed E-state index contributed by atoms with van der Waals surface area (Å²) in [6.45, 7) is 8.71. The van der Waals surface area contributed by atoms with Gasteiger partial charge in [-0.15, -0.1) is 0 Å². The van der Waals surface area contributed by atoms with E-state index in [0.717, 1.165) is 50.9 Å². The first-order valence-electron chi connectivity index (χ1n) is 10.9.